The monoisotopic (exact) mass is 425 g/mol. The Kier molecular flexibility index (Phi) is 5.63. The molecular weight excluding hydrogens is 402 g/mol. The molecule has 9 heteroatoms. The lowest BCUT2D eigenvalue weighted by molar-refractivity contribution is 0.372. The lowest BCUT2D eigenvalue weighted by atomic mass is 9.96. The van der Waals surface area contributed by atoms with Gasteiger partial charge in [0.05, 0.1) is 25.7 Å². The van der Waals surface area contributed by atoms with E-state index in [-0.39, 0.29) is 5.41 Å². The number of thioether (sulfide) groups is 1. The van der Waals surface area contributed by atoms with Gasteiger partial charge < -0.3 is 13.7 Å². The summed E-state index contributed by atoms with van der Waals surface area (Å²) in [4.78, 5) is 4.50. The van der Waals surface area contributed by atoms with Gasteiger partial charge in [-0.05, 0) is 36.4 Å². The number of aromatic nitrogens is 5. The minimum absolute atomic E-state index is 0.159. The molecule has 0 aliphatic carbocycles. The first-order chi connectivity index (χ1) is 14.4. The van der Waals surface area contributed by atoms with Crippen LogP contribution in [0.4, 0.5) is 0 Å². The molecule has 0 bridgehead atoms. The molecule has 0 N–H and O–H groups in total. The Hall–Kier alpha value is -3.07. The maximum absolute atomic E-state index is 5.55. The first kappa shape index (κ1) is 20.2. The van der Waals surface area contributed by atoms with Crippen LogP contribution in [0.2, 0.25) is 0 Å². The first-order valence-electron chi connectivity index (χ1n) is 9.50. The molecule has 0 saturated heterocycles. The zero-order valence-corrected chi connectivity index (χ0v) is 18.1. The van der Waals surface area contributed by atoms with Crippen LogP contribution in [0.5, 0.6) is 5.75 Å². The fourth-order valence-electron chi connectivity index (χ4n) is 2.79. The lowest BCUT2D eigenvalue weighted by Gasteiger charge is -2.10. The van der Waals surface area contributed by atoms with Gasteiger partial charge in [-0.15, -0.1) is 10.2 Å². The second-order valence-corrected chi connectivity index (χ2v) is 8.69. The Morgan fingerprint density at radius 2 is 1.90 bits per heavy atom. The predicted molar refractivity (Wildman–Crippen MR) is 112 cm³/mol. The summed E-state index contributed by atoms with van der Waals surface area (Å²) in [5.41, 5.74) is 0.780. The third kappa shape index (κ3) is 4.40. The molecule has 1 aromatic carbocycles. The minimum atomic E-state index is -0.159. The largest absolute Gasteiger partial charge is 0.497 e. The van der Waals surface area contributed by atoms with E-state index in [0.717, 1.165) is 28.1 Å². The number of nitrogens with zero attached hydrogens (tertiary/aromatic N) is 5. The molecule has 30 heavy (non-hydrogen) atoms. The molecule has 0 aliphatic heterocycles. The Bertz CT molecular complexity index is 1090. The number of benzene rings is 1. The van der Waals surface area contributed by atoms with E-state index in [9.17, 15) is 0 Å². The maximum Gasteiger partial charge on any atom is 0.237 e. The Labute approximate surface area is 178 Å². The van der Waals surface area contributed by atoms with Gasteiger partial charge in [0.2, 0.25) is 5.89 Å². The van der Waals surface area contributed by atoms with Crippen LogP contribution in [-0.2, 0) is 17.7 Å². The topological polar surface area (TPSA) is 92.0 Å². The van der Waals surface area contributed by atoms with Crippen LogP contribution in [0.15, 0.2) is 56.8 Å². The summed E-state index contributed by atoms with van der Waals surface area (Å²) in [6, 6.07) is 11.5. The average Bonchev–Trinajstić information content (AvgIpc) is 3.48. The van der Waals surface area contributed by atoms with E-state index in [1.807, 2.05) is 41.0 Å². The molecule has 0 radical (unpaired) electrons. The summed E-state index contributed by atoms with van der Waals surface area (Å²) < 4.78 is 18.2. The summed E-state index contributed by atoms with van der Waals surface area (Å²) in [5.74, 6) is 4.10. The second-order valence-electron chi connectivity index (χ2n) is 7.75. The first-order valence-corrected chi connectivity index (χ1v) is 10.5. The van der Waals surface area contributed by atoms with Gasteiger partial charge in [-0.25, -0.2) is 0 Å². The highest BCUT2D eigenvalue weighted by Crippen LogP contribution is 2.29. The number of rotatable bonds is 7. The fraction of sp³-hybridized carbons (Fsp3) is 0.333. The molecule has 4 aromatic rings. The molecule has 0 spiro atoms. The minimum Gasteiger partial charge on any atom is -0.497 e. The van der Waals surface area contributed by atoms with E-state index in [4.69, 9.17) is 13.7 Å². The molecule has 156 valence electrons. The highest BCUT2D eigenvalue weighted by atomic mass is 32.2. The third-order valence-electron chi connectivity index (χ3n) is 4.42. The van der Waals surface area contributed by atoms with Crippen LogP contribution in [0.1, 0.15) is 38.2 Å². The maximum atomic E-state index is 5.55. The standard InChI is InChI=1S/C21H23N5O3S/c1-21(2,3)19-22-17(29-25-19)13-30-20-24-23-18(14-7-9-15(27-4)10-8-14)26(20)12-16-6-5-11-28-16/h5-11H,12-13H2,1-4H3. The quantitative estimate of drug-likeness (QED) is 0.398. The van der Waals surface area contributed by atoms with Crippen molar-refractivity contribution in [3.63, 3.8) is 0 Å². The zero-order valence-electron chi connectivity index (χ0n) is 17.3. The van der Waals surface area contributed by atoms with E-state index < -0.39 is 0 Å². The van der Waals surface area contributed by atoms with Crippen molar-refractivity contribution in [2.45, 2.75) is 43.6 Å². The zero-order chi connectivity index (χ0) is 21.1. The number of furan rings is 1. The number of ether oxygens (including phenoxy) is 1. The predicted octanol–water partition coefficient (Wildman–Crippen LogP) is 4.57. The normalized spacial score (nSPS) is 11.7. The van der Waals surface area contributed by atoms with Crippen molar-refractivity contribution in [2.24, 2.45) is 0 Å². The summed E-state index contributed by atoms with van der Waals surface area (Å²) in [5, 5.41) is 13.6. The smallest absolute Gasteiger partial charge is 0.237 e. The molecule has 0 unspecified atom stereocenters. The molecule has 0 saturated carbocycles. The molecule has 0 aliphatic rings. The molecule has 3 aromatic heterocycles. The molecule has 4 rings (SSSR count). The van der Waals surface area contributed by atoms with E-state index in [0.29, 0.717) is 24.0 Å². The SMILES string of the molecule is COc1ccc(-c2nnc(SCc3nc(C(C)(C)C)no3)n2Cc2ccco2)cc1. The van der Waals surface area contributed by atoms with Crippen molar-refractivity contribution < 1.29 is 13.7 Å². The molecule has 0 atom stereocenters. The van der Waals surface area contributed by atoms with Crippen molar-refractivity contribution >= 4 is 11.8 Å². The van der Waals surface area contributed by atoms with E-state index in [1.165, 1.54) is 11.8 Å². The van der Waals surface area contributed by atoms with E-state index in [1.54, 1.807) is 13.4 Å². The fourth-order valence-corrected chi connectivity index (χ4v) is 3.57. The van der Waals surface area contributed by atoms with Gasteiger partial charge in [0.15, 0.2) is 16.8 Å². The highest BCUT2D eigenvalue weighted by molar-refractivity contribution is 7.98. The average molecular weight is 426 g/mol. The molecule has 8 nitrogen and oxygen atoms in total. The van der Waals surface area contributed by atoms with Crippen LogP contribution in [0, 0.1) is 0 Å². The molecular formula is C21H23N5O3S. The van der Waals surface area contributed by atoms with Gasteiger partial charge in [0, 0.05) is 11.0 Å². The van der Waals surface area contributed by atoms with E-state index >= 15 is 0 Å². The number of hydrogen-bond acceptors (Lipinski definition) is 8. The number of hydrogen-bond donors (Lipinski definition) is 0. The van der Waals surface area contributed by atoms with Crippen molar-refractivity contribution in [1.82, 2.24) is 24.9 Å². The van der Waals surface area contributed by atoms with Crippen LogP contribution in [0.25, 0.3) is 11.4 Å². The Morgan fingerprint density at radius 1 is 1.10 bits per heavy atom. The summed E-state index contributed by atoms with van der Waals surface area (Å²) >= 11 is 1.50. The van der Waals surface area contributed by atoms with Crippen molar-refractivity contribution in [2.75, 3.05) is 7.11 Å². The van der Waals surface area contributed by atoms with Gasteiger partial charge >= 0.3 is 0 Å². The van der Waals surface area contributed by atoms with Crippen LogP contribution < -0.4 is 4.74 Å². The Balaban J connectivity index is 1.60. The third-order valence-corrected chi connectivity index (χ3v) is 5.37. The summed E-state index contributed by atoms with van der Waals surface area (Å²) in [6.45, 7) is 6.67. The number of methoxy groups -OCH3 is 1. The van der Waals surface area contributed by atoms with Crippen LogP contribution in [0.3, 0.4) is 0 Å². The lowest BCUT2D eigenvalue weighted by Crippen LogP contribution is -2.13. The van der Waals surface area contributed by atoms with Crippen LogP contribution in [-0.4, -0.2) is 32.0 Å². The van der Waals surface area contributed by atoms with E-state index in [2.05, 4.69) is 41.1 Å². The second kappa shape index (κ2) is 8.35. The highest BCUT2D eigenvalue weighted by Gasteiger charge is 2.22. The molecule has 3 heterocycles. The van der Waals surface area contributed by atoms with Gasteiger partial charge in [-0.2, -0.15) is 4.98 Å². The van der Waals surface area contributed by atoms with Crippen molar-refractivity contribution in [1.29, 1.82) is 0 Å². The molecule has 0 amide bonds. The van der Waals surface area contributed by atoms with Gasteiger partial charge in [-0.1, -0.05) is 37.7 Å². The summed E-state index contributed by atoms with van der Waals surface area (Å²) in [7, 11) is 1.64. The Morgan fingerprint density at radius 3 is 2.53 bits per heavy atom. The van der Waals surface area contributed by atoms with Gasteiger partial charge in [0.25, 0.3) is 0 Å². The van der Waals surface area contributed by atoms with Gasteiger partial charge in [0.1, 0.15) is 11.5 Å². The van der Waals surface area contributed by atoms with Gasteiger partial charge in [-0.3, -0.25) is 4.57 Å². The summed E-state index contributed by atoms with van der Waals surface area (Å²) in [6.07, 6.45) is 1.66. The molecule has 0 fully saturated rings. The van der Waals surface area contributed by atoms with Crippen LogP contribution >= 0.6 is 11.8 Å². The van der Waals surface area contributed by atoms with Crippen molar-refractivity contribution in [3.8, 4) is 17.1 Å². The van der Waals surface area contributed by atoms with Crippen molar-refractivity contribution in [3.05, 3.63) is 60.1 Å².